The van der Waals surface area contributed by atoms with Crippen molar-refractivity contribution in [3.05, 3.63) is 65.2 Å². The van der Waals surface area contributed by atoms with Crippen LogP contribution in [0.15, 0.2) is 48.5 Å². The van der Waals surface area contributed by atoms with Gasteiger partial charge in [-0.1, -0.05) is 52.3 Å². The van der Waals surface area contributed by atoms with Crippen LogP contribution < -0.4 is 5.32 Å². The first kappa shape index (κ1) is 14.3. The molecule has 1 aliphatic rings. The van der Waals surface area contributed by atoms with Crippen LogP contribution >= 0.6 is 15.9 Å². The fourth-order valence-electron chi connectivity index (χ4n) is 2.80. The number of hydrogen-bond acceptors (Lipinski definition) is 1. The average Bonchev–Trinajstić information content (AvgIpc) is 2.47. The highest BCUT2D eigenvalue weighted by molar-refractivity contribution is 9.09. The lowest BCUT2D eigenvalue weighted by Crippen LogP contribution is -2.30. The maximum atomic E-state index is 12.4. The second-order valence-corrected chi connectivity index (χ2v) is 6.23. The van der Waals surface area contributed by atoms with Gasteiger partial charge in [-0.15, -0.1) is 0 Å². The summed E-state index contributed by atoms with van der Waals surface area (Å²) in [6.45, 7) is 0. The zero-order valence-corrected chi connectivity index (χ0v) is 13.4. The molecule has 1 atom stereocenters. The van der Waals surface area contributed by atoms with Crippen LogP contribution in [-0.4, -0.2) is 11.2 Å². The molecule has 1 amide bonds. The lowest BCUT2D eigenvalue weighted by molar-refractivity contribution is -0.118. The Labute approximate surface area is 133 Å². The number of fused-ring (bicyclic) bond motifs is 1. The van der Waals surface area contributed by atoms with Gasteiger partial charge in [0.25, 0.3) is 0 Å². The van der Waals surface area contributed by atoms with E-state index in [1.165, 1.54) is 16.7 Å². The van der Waals surface area contributed by atoms with Crippen LogP contribution in [0.3, 0.4) is 0 Å². The van der Waals surface area contributed by atoms with Crippen molar-refractivity contribution < 1.29 is 4.79 Å². The fourth-order valence-corrected chi connectivity index (χ4v) is 3.08. The van der Waals surface area contributed by atoms with Crippen molar-refractivity contribution in [3.8, 4) is 0 Å². The van der Waals surface area contributed by atoms with E-state index >= 15 is 0 Å². The molecule has 0 saturated carbocycles. The van der Waals surface area contributed by atoms with Gasteiger partial charge in [0, 0.05) is 11.0 Å². The van der Waals surface area contributed by atoms with Gasteiger partial charge in [-0.05, 0) is 48.1 Å². The summed E-state index contributed by atoms with van der Waals surface area (Å²) in [6, 6.07) is 16.3. The third-order valence-corrected chi connectivity index (χ3v) is 4.53. The van der Waals surface area contributed by atoms with E-state index in [1.54, 1.807) is 0 Å². The first-order chi connectivity index (χ1) is 10.3. The Hall–Kier alpha value is -1.61. The van der Waals surface area contributed by atoms with Crippen LogP contribution in [0.25, 0.3) is 0 Å². The number of aryl methyl sites for hydroxylation is 1. The molecule has 1 unspecified atom stereocenters. The molecular formula is C18H18BrNO. The van der Waals surface area contributed by atoms with E-state index in [0.29, 0.717) is 0 Å². The van der Waals surface area contributed by atoms with Gasteiger partial charge in [-0.2, -0.15) is 0 Å². The van der Waals surface area contributed by atoms with Crippen molar-refractivity contribution in [2.45, 2.75) is 25.2 Å². The lowest BCUT2D eigenvalue weighted by Gasteiger charge is -2.28. The fraction of sp³-hybridized carbons (Fsp3) is 0.278. The van der Waals surface area contributed by atoms with Gasteiger partial charge in [0.15, 0.2) is 0 Å². The van der Waals surface area contributed by atoms with Crippen LogP contribution in [-0.2, 0) is 17.6 Å². The van der Waals surface area contributed by atoms with Gasteiger partial charge in [0.2, 0.25) is 5.91 Å². The van der Waals surface area contributed by atoms with Gasteiger partial charge in [0.05, 0.1) is 5.92 Å². The highest BCUT2D eigenvalue weighted by Gasteiger charge is 2.31. The van der Waals surface area contributed by atoms with Crippen molar-refractivity contribution in [2.75, 3.05) is 10.6 Å². The number of carbonyl (C=O) groups is 1. The molecule has 0 heterocycles. The van der Waals surface area contributed by atoms with E-state index in [4.69, 9.17) is 0 Å². The van der Waals surface area contributed by atoms with E-state index in [1.807, 2.05) is 24.3 Å². The molecule has 2 aromatic carbocycles. The van der Waals surface area contributed by atoms with Crippen LogP contribution in [0.1, 0.15) is 29.0 Å². The molecule has 108 valence electrons. The smallest absolute Gasteiger partial charge is 0.232 e. The second-order valence-electron chi connectivity index (χ2n) is 5.44. The number of hydrogen-bond donors (Lipinski definition) is 1. The van der Waals surface area contributed by atoms with Gasteiger partial charge in [-0.25, -0.2) is 0 Å². The lowest BCUT2D eigenvalue weighted by atomic mass is 9.77. The summed E-state index contributed by atoms with van der Waals surface area (Å²) >= 11 is 3.45. The van der Waals surface area contributed by atoms with Gasteiger partial charge in [0.1, 0.15) is 0 Å². The Bertz CT molecular complexity index is 653. The molecule has 0 spiro atoms. The van der Waals surface area contributed by atoms with Crippen LogP contribution in [0.4, 0.5) is 5.69 Å². The molecule has 2 aromatic rings. The maximum Gasteiger partial charge on any atom is 0.232 e. The molecule has 0 saturated heterocycles. The number of nitrogens with one attached hydrogen (secondary N) is 1. The molecule has 0 fully saturated rings. The summed E-state index contributed by atoms with van der Waals surface area (Å²) in [7, 11) is 0. The van der Waals surface area contributed by atoms with Gasteiger partial charge < -0.3 is 5.32 Å². The zero-order chi connectivity index (χ0) is 14.7. The van der Waals surface area contributed by atoms with E-state index < -0.39 is 0 Å². The largest absolute Gasteiger partial charge is 0.326 e. The Morgan fingerprint density at radius 2 is 2.05 bits per heavy atom. The SMILES string of the molecule is O=C(Nc1cccc(CCCBr)c1)C1Cc2ccccc21. The standard InChI is InChI=1S/C18H18BrNO/c19-10-4-6-13-5-3-8-15(11-13)20-18(21)17-12-14-7-1-2-9-16(14)17/h1-3,5,7-9,11,17H,4,6,10,12H2,(H,20,21). The third kappa shape index (κ3) is 3.18. The number of amides is 1. The van der Waals surface area contributed by atoms with E-state index in [0.717, 1.165) is 30.3 Å². The monoisotopic (exact) mass is 343 g/mol. The molecule has 3 rings (SSSR count). The molecule has 1 N–H and O–H groups in total. The molecule has 0 bridgehead atoms. The molecule has 0 aromatic heterocycles. The number of halogens is 1. The van der Waals surface area contributed by atoms with E-state index in [-0.39, 0.29) is 11.8 Å². The van der Waals surface area contributed by atoms with Crippen molar-refractivity contribution in [1.82, 2.24) is 0 Å². The minimum atomic E-state index is 0.00685. The minimum absolute atomic E-state index is 0.00685. The van der Waals surface area contributed by atoms with Gasteiger partial charge >= 0.3 is 0 Å². The molecule has 0 aliphatic heterocycles. The van der Waals surface area contributed by atoms with Crippen molar-refractivity contribution in [1.29, 1.82) is 0 Å². The molecule has 21 heavy (non-hydrogen) atoms. The maximum absolute atomic E-state index is 12.4. The van der Waals surface area contributed by atoms with E-state index in [9.17, 15) is 4.79 Å². The minimum Gasteiger partial charge on any atom is -0.326 e. The summed E-state index contributed by atoms with van der Waals surface area (Å²) in [5, 5.41) is 4.05. The average molecular weight is 344 g/mol. The highest BCUT2D eigenvalue weighted by Crippen LogP contribution is 2.35. The first-order valence-corrected chi connectivity index (χ1v) is 8.43. The number of carbonyl (C=O) groups excluding carboxylic acids is 1. The molecule has 2 nitrogen and oxygen atoms in total. The Balaban J connectivity index is 1.66. The summed E-state index contributed by atoms with van der Waals surface area (Å²) in [6.07, 6.45) is 2.99. The van der Waals surface area contributed by atoms with E-state index in [2.05, 4.69) is 45.5 Å². The second kappa shape index (κ2) is 6.44. The number of alkyl halides is 1. The van der Waals surface area contributed by atoms with Crippen molar-refractivity contribution in [2.24, 2.45) is 0 Å². The quantitative estimate of drug-likeness (QED) is 0.806. The van der Waals surface area contributed by atoms with Crippen molar-refractivity contribution in [3.63, 3.8) is 0 Å². The normalized spacial score (nSPS) is 16.0. The Morgan fingerprint density at radius 1 is 1.19 bits per heavy atom. The van der Waals surface area contributed by atoms with Crippen molar-refractivity contribution >= 4 is 27.5 Å². The summed E-state index contributed by atoms with van der Waals surface area (Å²) in [4.78, 5) is 12.4. The Kier molecular flexibility index (Phi) is 4.39. The number of benzene rings is 2. The zero-order valence-electron chi connectivity index (χ0n) is 11.8. The molecular weight excluding hydrogens is 326 g/mol. The predicted octanol–water partition coefficient (Wildman–Crippen LogP) is 4.29. The summed E-state index contributed by atoms with van der Waals surface area (Å²) < 4.78 is 0. The molecule has 0 radical (unpaired) electrons. The third-order valence-electron chi connectivity index (χ3n) is 3.96. The molecule has 3 heteroatoms. The highest BCUT2D eigenvalue weighted by atomic mass is 79.9. The number of rotatable bonds is 5. The predicted molar refractivity (Wildman–Crippen MR) is 90.1 cm³/mol. The first-order valence-electron chi connectivity index (χ1n) is 7.31. The number of anilines is 1. The van der Waals surface area contributed by atoms with Crippen LogP contribution in [0, 0.1) is 0 Å². The van der Waals surface area contributed by atoms with Gasteiger partial charge in [-0.3, -0.25) is 4.79 Å². The Morgan fingerprint density at radius 3 is 2.86 bits per heavy atom. The summed E-state index contributed by atoms with van der Waals surface area (Å²) in [5.41, 5.74) is 4.63. The van der Waals surface area contributed by atoms with Crippen LogP contribution in [0.5, 0.6) is 0 Å². The van der Waals surface area contributed by atoms with Crippen LogP contribution in [0.2, 0.25) is 0 Å². The summed E-state index contributed by atoms with van der Waals surface area (Å²) in [5.74, 6) is 0.110. The molecule has 1 aliphatic carbocycles. The topological polar surface area (TPSA) is 29.1 Å².